The van der Waals surface area contributed by atoms with Crippen LogP contribution in [0.2, 0.25) is 10.0 Å². The number of hydrogen-bond donors (Lipinski definition) is 2. The van der Waals surface area contributed by atoms with E-state index in [1.54, 1.807) is 0 Å². The summed E-state index contributed by atoms with van der Waals surface area (Å²) in [6, 6.07) is 3.10. The van der Waals surface area contributed by atoms with Gasteiger partial charge in [-0.1, -0.05) is 23.2 Å². The van der Waals surface area contributed by atoms with Gasteiger partial charge in [0.05, 0.1) is 14.9 Å². The van der Waals surface area contributed by atoms with Crippen LogP contribution in [0, 0.1) is 0 Å². The highest BCUT2D eigenvalue weighted by Gasteiger charge is 2.36. The van der Waals surface area contributed by atoms with E-state index in [1.165, 1.54) is 18.2 Å². The minimum Gasteiger partial charge on any atom is -0.368 e. The van der Waals surface area contributed by atoms with Crippen molar-refractivity contribution in [2.45, 2.75) is 10.9 Å². The summed E-state index contributed by atoms with van der Waals surface area (Å²) >= 11 is 11.6. The fraction of sp³-hybridized carbons (Fsp3) is 0.364. The van der Waals surface area contributed by atoms with E-state index in [-0.39, 0.29) is 28.0 Å². The summed E-state index contributed by atoms with van der Waals surface area (Å²) < 4.78 is 26.2. The van der Waals surface area contributed by atoms with Crippen LogP contribution in [0.15, 0.2) is 23.1 Å². The number of carbonyl (C=O) groups is 1. The van der Waals surface area contributed by atoms with Crippen LogP contribution in [-0.4, -0.2) is 44.3 Å². The van der Waals surface area contributed by atoms with Crippen LogP contribution in [0.5, 0.6) is 0 Å². The summed E-state index contributed by atoms with van der Waals surface area (Å²) in [7, 11) is -3.85. The maximum Gasteiger partial charge on any atom is 0.243 e. The Balaban J connectivity index is 2.42. The average Bonchev–Trinajstić information content (AvgIpc) is 2.41. The largest absolute Gasteiger partial charge is 0.368 e. The quantitative estimate of drug-likeness (QED) is 0.837. The van der Waals surface area contributed by atoms with Crippen LogP contribution in [0.4, 0.5) is 0 Å². The Hall–Kier alpha value is -0.860. The van der Waals surface area contributed by atoms with Crippen LogP contribution >= 0.6 is 23.2 Å². The smallest absolute Gasteiger partial charge is 0.243 e. The molecule has 2 rings (SSSR count). The van der Waals surface area contributed by atoms with E-state index in [0.29, 0.717) is 6.54 Å². The van der Waals surface area contributed by atoms with Crippen molar-refractivity contribution in [3.8, 4) is 0 Å². The first-order valence-electron chi connectivity index (χ1n) is 5.81. The number of nitrogens with zero attached hydrogens (tertiary/aromatic N) is 1. The van der Waals surface area contributed by atoms with Crippen molar-refractivity contribution in [2.24, 2.45) is 5.73 Å². The summed E-state index contributed by atoms with van der Waals surface area (Å²) in [5.41, 5.74) is 5.25. The number of nitrogens with one attached hydrogen (secondary N) is 1. The molecule has 1 aromatic rings. The molecule has 110 valence electrons. The van der Waals surface area contributed by atoms with Crippen LogP contribution in [0.25, 0.3) is 0 Å². The van der Waals surface area contributed by atoms with Crippen LogP contribution < -0.4 is 11.1 Å². The molecule has 0 aliphatic carbocycles. The number of halogens is 2. The molecule has 9 heteroatoms. The van der Waals surface area contributed by atoms with Gasteiger partial charge in [-0.05, 0) is 18.2 Å². The Kier molecular flexibility index (Phi) is 4.55. The highest BCUT2D eigenvalue weighted by molar-refractivity contribution is 7.89. The van der Waals surface area contributed by atoms with Gasteiger partial charge in [0.25, 0.3) is 0 Å². The number of sulfonamides is 1. The van der Waals surface area contributed by atoms with Crippen molar-refractivity contribution in [1.29, 1.82) is 0 Å². The van der Waals surface area contributed by atoms with Gasteiger partial charge in [-0.2, -0.15) is 4.31 Å². The molecule has 3 N–H and O–H groups in total. The predicted octanol–water partition coefficient (Wildman–Crippen LogP) is 0.441. The molecule has 1 heterocycles. The molecule has 6 nitrogen and oxygen atoms in total. The molecule has 1 atom stereocenters. The zero-order valence-corrected chi connectivity index (χ0v) is 12.7. The van der Waals surface area contributed by atoms with Crippen LogP contribution in [0.3, 0.4) is 0 Å². The first-order valence-corrected chi connectivity index (χ1v) is 8.00. The van der Waals surface area contributed by atoms with Crippen molar-refractivity contribution in [3.63, 3.8) is 0 Å². The second kappa shape index (κ2) is 5.87. The number of rotatable bonds is 3. The zero-order chi connectivity index (χ0) is 14.9. The van der Waals surface area contributed by atoms with Gasteiger partial charge in [0.15, 0.2) is 0 Å². The molecule has 1 fully saturated rings. The minimum atomic E-state index is -3.85. The molecule has 1 saturated heterocycles. The molecule has 1 unspecified atom stereocenters. The highest BCUT2D eigenvalue weighted by Crippen LogP contribution is 2.27. The molecule has 0 spiro atoms. The van der Waals surface area contributed by atoms with E-state index >= 15 is 0 Å². The Morgan fingerprint density at radius 1 is 1.35 bits per heavy atom. The molecule has 0 saturated carbocycles. The summed E-state index contributed by atoms with van der Waals surface area (Å²) in [4.78, 5) is 11.4. The third-order valence-electron chi connectivity index (χ3n) is 3.02. The zero-order valence-electron chi connectivity index (χ0n) is 10.3. The van der Waals surface area contributed by atoms with E-state index in [4.69, 9.17) is 28.9 Å². The maximum atomic E-state index is 12.6. The lowest BCUT2D eigenvalue weighted by atomic mass is 10.2. The van der Waals surface area contributed by atoms with Crippen molar-refractivity contribution >= 4 is 39.1 Å². The van der Waals surface area contributed by atoms with Crippen LogP contribution in [-0.2, 0) is 14.8 Å². The predicted molar refractivity (Wildman–Crippen MR) is 76.2 cm³/mol. The van der Waals surface area contributed by atoms with Gasteiger partial charge in [-0.25, -0.2) is 8.42 Å². The second-order valence-electron chi connectivity index (χ2n) is 4.31. The monoisotopic (exact) mass is 337 g/mol. The molecule has 1 aromatic carbocycles. The van der Waals surface area contributed by atoms with E-state index < -0.39 is 22.0 Å². The molecule has 0 aromatic heterocycles. The topological polar surface area (TPSA) is 92.5 Å². The molecule has 0 radical (unpaired) electrons. The normalized spacial score (nSPS) is 20.8. The number of piperazine rings is 1. The Morgan fingerprint density at radius 2 is 2.05 bits per heavy atom. The number of benzene rings is 1. The summed E-state index contributed by atoms with van der Waals surface area (Å²) in [5.74, 6) is -0.694. The second-order valence-corrected chi connectivity index (χ2v) is 7.02. The first kappa shape index (κ1) is 15.5. The Morgan fingerprint density at radius 3 is 2.65 bits per heavy atom. The van der Waals surface area contributed by atoms with Gasteiger partial charge in [0.2, 0.25) is 15.9 Å². The lowest BCUT2D eigenvalue weighted by molar-refractivity contribution is -0.122. The number of amides is 1. The molecular weight excluding hydrogens is 325 g/mol. The Bertz CT molecular complexity index is 636. The fourth-order valence-corrected chi connectivity index (χ4v) is 3.97. The van der Waals surface area contributed by atoms with Crippen LogP contribution in [0.1, 0.15) is 0 Å². The summed E-state index contributed by atoms with van der Waals surface area (Å²) in [6.07, 6.45) is 0. The third kappa shape index (κ3) is 2.91. The van der Waals surface area contributed by atoms with Crippen molar-refractivity contribution < 1.29 is 13.2 Å². The van der Waals surface area contributed by atoms with Gasteiger partial charge in [0, 0.05) is 19.6 Å². The third-order valence-corrected chi connectivity index (χ3v) is 5.66. The van der Waals surface area contributed by atoms with Gasteiger partial charge in [0.1, 0.15) is 6.04 Å². The summed E-state index contributed by atoms with van der Waals surface area (Å²) in [6.45, 7) is 0.802. The van der Waals surface area contributed by atoms with Crippen molar-refractivity contribution in [3.05, 3.63) is 28.2 Å². The fourth-order valence-electron chi connectivity index (χ4n) is 1.99. The van der Waals surface area contributed by atoms with Gasteiger partial charge >= 0.3 is 0 Å². The number of hydrogen-bond acceptors (Lipinski definition) is 4. The highest BCUT2D eigenvalue weighted by atomic mass is 35.5. The van der Waals surface area contributed by atoms with E-state index in [1.807, 2.05) is 0 Å². The molecular formula is C11H13Cl2N3O3S. The molecule has 1 aliphatic rings. The van der Waals surface area contributed by atoms with E-state index in [0.717, 1.165) is 4.31 Å². The van der Waals surface area contributed by atoms with E-state index in [9.17, 15) is 13.2 Å². The minimum absolute atomic E-state index is 0.0138. The van der Waals surface area contributed by atoms with Crippen molar-refractivity contribution in [2.75, 3.05) is 19.6 Å². The maximum absolute atomic E-state index is 12.6. The molecule has 20 heavy (non-hydrogen) atoms. The van der Waals surface area contributed by atoms with Gasteiger partial charge in [-0.15, -0.1) is 0 Å². The SMILES string of the molecule is NC(=O)C1CNCCN1S(=O)(=O)c1ccc(Cl)c(Cl)c1. The standard InChI is InChI=1S/C11H13Cl2N3O3S/c12-8-2-1-7(5-9(8)13)20(18,19)16-4-3-15-6-10(16)11(14)17/h1-2,5,10,15H,3-4,6H2,(H2,14,17). The van der Waals surface area contributed by atoms with Gasteiger partial charge < -0.3 is 11.1 Å². The summed E-state index contributed by atoms with van der Waals surface area (Å²) in [5, 5.41) is 3.34. The lowest BCUT2D eigenvalue weighted by Gasteiger charge is -2.33. The van der Waals surface area contributed by atoms with E-state index in [2.05, 4.69) is 5.32 Å². The molecule has 0 bridgehead atoms. The number of carbonyl (C=O) groups excluding carboxylic acids is 1. The molecule has 1 amide bonds. The first-order chi connectivity index (χ1) is 9.34. The molecule has 1 aliphatic heterocycles. The average molecular weight is 338 g/mol. The number of primary amides is 1. The Labute approximate surface area is 126 Å². The van der Waals surface area contributed by atoms with Crippen molar-refractivity contribution in [1.82, 2.24) is 9.62 Å². The lowest BCUT2D eigenvalue weighted by Crippen LogP contribution is -2.58. The van der Waals surface area contributed by atoms with Gasteiger partial charge in [-0.3, -0.25) is 4.79 Å². The number of nitrogens with two attached hydrogens (primary N) is 1.